The van der Waals surface area contributed by atoms with E-state index in [-0.39, 0.29) is 6.61 Å². The largest absolute Gasteiger partial charge is 0.340 e. The molecule has 1 atom stereocenters. The Labute approximate surface area is 151 Å². The molecule has 0 amide bonds. The smallest absolute Gasteiger partial charge is 0.324 e. The Morgan fingerprint density at radius 3 is 1.80 bits per heavy atom. The third-order valence-corrected chi connectivity index (χ3v) is 6.88. The van der Waals surface area contributed by atoms with Crippen LogP contribution in [0.15, 0.2) is 34.9 Å². The van der Waals surface area contributed by atoms with Gasteiger partial charge in [-0.25, -0.2) is 0 Å². The van der Waals surface area contributed by atoms with Crippen LogP contribution >= 0.6 is 15.2 Å². The van der Waals surface area contributed by atoms with Gasteiger partial charge in [0, 0.05) is 0 Å². The van der Waals surface area contributed by atoms with Crippen LogP contribution < -0.4 is 0 Å². The fraction of sp³-hybridized carbons (Fsp3) is 0.647. The molecule has 0 spiro atoms. The molecule has 1 unspecified atom stereocenters. The fourth-order valence-electron chi connectivity index (χ4n) is 2.11. The molecule has 0 aliphatic heterocycles. The van der Waals surface area contributed by atoms with Crippen LogP contribution in [0.25, 0.3) is 0 Å². The molecular weight excluding hydrogens is 362 g/mol. The van der Waals surface area contributed by atoms with Gasteiger partial charge in [0.25, 0.3) is 0 Å². The molecule has 0 saturated heterocycles. The lowest BCUT2D eigenvalue weighted by atomic mass is 10.1. The minimum atomic E-state index is -4.56. The first kappa shape index (κ1) is 24.5. The van der Waals surface area contributed by atoms with Crippen molar-refractivity contribution in [1.82, 2.24) is 0 Å². The van der Waals surface area contributed by atoms with E-state index in [2.05, 4.69) is 32.9 Å². The van der Waals surface area contributed by atoms with E-state index in [1.165, 1.54) is 11.1 Å². The summed E-state index contributed by atoms with van der Waals surface area (Å²) in [5.41, 5.74) is 3.86. The summed E-state index contributed by atoms with van der Waals surface area (Å²) in [5.74, 6) is -1.14. The van der Waals surface area contributed by atoms with E-state index in [1.807, 2.05) is 13.0 Å². The standard InChI is InChI=1S/C17H32O6P2/c1-15(2)8-5-9-16(3)10-6-11-17(4)12-7-13-23-25(21,22)14-24(18,19)20/h8,10,12H,5-7,9,11,13-14H2,1-4H3,(H,21,22)(H2,18,19,20)/b16-10+,17-12+. The highest BCUT2D eigenvalue weighted by Crippen LogP contribution is 2.55. The van der Waals surface area contributed by atoms with Crippen LogP contribution in [0.4, 0.5) is 0 Å². The SMILES string of the molecule is CC(C)=CCC/C(C)=C/CC/C(C)=C/CCOP(=O)(O)CP(=O)(O)O. The van der Waals surface area contributed by atoms with Gasteiger partial charge in [0.15, 0.2) is 5.90 Å². The zero-order chi connectivity index (χ0) is 19.5. The molecule has 8 heteroatoms. The highest BCUT2D eigenvalue weighted by molar-refractivity contribution is 7.70. The second-order valence-electron chi connectivity index (χ2n) is 6.53. The molecular formula is C17H32O6P2. The van der Waals surface area contributed by atoms with Gasteiger partial charge >= 0.3 is 15.2 Å². The van der Waals surface area contributed by atoms with E-state index >= 15 is 0 Å². The summed E-state index contributed by atoms with van der Waals surface area (Å²) in [6, 6.07) is 0. The minimum Gasteiger partial charge on any atom is -0.324 e. The lowest BCUT2D eigenvalue weighted by Gasteiger charge is -2.12. The molecule has 0 rings (SSSR count). The van der Waals surface area contributed by atoms with Crippen LogP contribution in [-0.2, 0) is 13.7 Å². The highest BCUT2D eigenvalue weighted by Gasteiger charge is 2.30. The predicted octanol–water partition coefficient (Wildman–Crippen LogP) is 5.13. The van der Waals surface area contributed by atoms with Gasteiger partial charge in [-0.1, -0.05) is 34.9 Å². The molecule has 0 saturated carbocycles. The van der Waals surface area contributed by atoms with E-state index in [1.54, 1.807) is 0 Å². The molecule has 3 N–H and O–H groups in total. The average molecular weight is 394 g/mol. The van der Waals surface area contributed by atoms with Crippen LogP contribution in [0.3, 0.4) is 0 Å². The van der Waals surface area contributed by atoms with Crippen molar-refractivity contribution in [1.29, 1.82) is 0 Å². The molecule has 146 valence electrons. The van der Waals surface area contributed by atoms with Gasteiger partial charge in [-0.2, -0.15) is 0 Å². The third-order valence-electron chi connectivity index (χ3n) is 3.39. The fourth-order valence-corrected chi connectivity index (χ4v) is 4.69. The summed E-state index contributed by atoms with van der Waals surface area (Å²) in [5, 5.41) is 0. The zero-order valence-corrected chi connectivity index (χ0v) is 17.4. The Balaban J connectivity index is 4.08. The summed E-state index contributed by atoms with van der Waals surface area (Å²) in [7, 11) is -8.79. The first-order chi connectivity index (χ1) is 11.4. The molecule has 0 bridgehead atoms. The summed E-state index contributed by atoms with van der Waals surface area (Å²) < 4.78 is 26.9. The van der Waals surface area contributed by atoms with E-state index < -0.39 is 21.1 Å². The van der Waals surface area contributed by atoms with Gasteiger partial charge in [-0.05, 0) is 59.8 Å². The van der Waals surface area contributed by atoms with Crippen molar-refractivity contribution in [2.24, 2.45) is 0 Å². The second-order valence-corrected chi connectivity index (χ2v) is 10.5. The summed E-state index contributed by atoms with van der Waals surface area (Å²) in [4.78, 5) is 26.7. The van der Waals surface area contributed by atoms with E-state index in [0.717, 1.165) is 31.3 Å². The molecule has 0 radical (unpaired) electrons. The first-order valence-corrected chi connectivity index (χ1v) is 11.9. The van der Waals surface area contributed by atoms with E-state index in [9.17, 15) is 14.0 Å². The molecule has 0 fully saturated rings. The Morgan fingerprint density at radius 2 is 1.32 bits per heavy atom. The normalized spacial score (nSPS) is 15.8. The molecule has 0 aliphatic rings. The topological polar surface area (TPSA) is 104 Å². The quantitative estimate of drug-likeness (QED) is 0.241. The lowest BCUT2D eigenvalue weighted by molar-refractivity contribution is 0.265. The van der Waals surface area contributed by atoms with Crippen molar-refractivity contribution in [2.45, 2.75) is 59.8 Å². The zero-order valence-electron chi connectivity index (χ0n) is 15.6. The number of hydrogen-bond donors (Lipinski definition) is 3. The van der Waals surface area contributed by atoms with Crippen molar-refractivity contribution < 1.29 is 28.3 Å². The monoisotopic (exact) mass is 394 g/mol. The van der Waals surface area contributed by atoms with Gasteiger partial charge in [0.1, 0.15) is 0 Å². The van der Waals surface area contributed by atoms with Crippen LogP contribution in [-0.4, -0.2) is 27.2 Å². The number of rotatable bonds is 12. The molecule has 0 aliphatic carbocycles. The Kier molecular flexibility index (Phi) is 11.8. The van der Waals surface area contributed by atoms with Crippen molar-refractivity contribution in [3.05, 3.63) is 34.9 Å². The van der Waals surface area contributed by atoms with Gasteiger partial charge in [-0.3, -0.25) is 9.13 Å². The second kappa shape index (κ2) is 12.0. The maximum atomic E-state index is 11.5. The van der Waals surface area contributed by atoms with E-state index in [0.29, 0.717) is 6.42 Å². The van der Waals surface area contributed by atoms with Gasteiger partial charge in [-0.15, -0.1) is 0 Å². The molecule has 0 aromatic heterocycles. The summed E-state index contributed by atoms with van der Waals surface area (Å²) >= 11 is 0. The molecule has 6 nitrogen and oxygen atoms in total. The first-order valence-electron chi connectivity index (χ1n) is 8.37. The minimum absolute atomic E-state index is 0.0390. The van der Waals surface area contributed by atoms with Crippen LogP contribution in [0, 0.1) is 0 Å². The average Bonchev–Trinajstić information content (AvgIpc) is 2.40. The Bertz CT molecular complexity index is 582. The van der Waals surface area contributed by atoms with Crippen LogP contribution in [0.2, 0.25) is 0 Å². The third kappa shape index (κ3) is 16.7. The number of allylic oxidation sites excluding steroid dienone is 5. The van der Waals surface area contributed by atoms with Crippen molar-refractivity contribution in [3.63, 3.8) is 0 Å². The number of hydrogen-bond acceptors (Lipinski definition) is 3. The summed E-state index contributed by atoms with van der Waals surface area (Å²) in [6.45, 7) is 8.27. The molecule has 0 heterocycles. The Morgan fingerprint density at radius 1 is 0.840 bits per heavy atom. The van der Waals surface area contributed by atoms with Crippen molar-refractivity contribution in [3.8, 4) is 0 Å². The van der Waals surface area contributed by atoms with Gasteiger partial charge < -0.3 is 19.2 Å². The van der Waals surface area contributed by atoms with Gasteiger partial charge in [0.2, 0.25) is 0 Å². The maximum absolute atomic E-state index is 11.5. The van der Waals surface area contributed by atoms with Crippen LogP contribution in [0.1, 0.15) is 59.8 Å². The predicted molar refractivity (Wildman–Crippen MR) is 103 cm³/mol. The molecule has 0 aromatic carbocycles. The van der Waals surface area contributed by atoms with Gasteiger partial charge in [0.05, 0.1) is 6.61 Å². The van der Waals surface area contributed by atoms with Crippen molar-refractivity contribution >= 4 is 15.2 Å². The van der Waals surface area contributed by atoms with Crippen molar-refractivity contribution in [2.75, 3.05) is 12.5 Å². The molecule has 25 heavy (non-hydrogen) atoms. The molecule has 0 aromatic rings. The lowest BCUT2D eigenvalue weighted by Crippen LogP contribution is -1.97. The maximum Gasteiger partial charge on any atom is 0.340 e. The van der Waals surface area contributed by atoms with Crippen LogP contribution in [0.5, 0.6) is 0 Å². The highest BCUT2D eigenvalue weighted by atomic mass is 31.2. The van der Waals surface area contributed by atoms with E-state index in [4.69, 9.17) is 14.3 Å². The Hall–Kier alpha value is -0.480. The summed E-state index contributed by atoms with van der Waals surface area (Å²) in [6.07, 6.45) is 10.8.